The molecule has 0 aliphatic rings. The summed E-state index contributed by atoms with van der Waals surface area (Å²) in [5.74, 6) is 1.72. The first-order valence-electron chi connectivity index (χ1n) is 12.2. The lowest BCUT2D eigenvalue weighted by atomic mass is 9.93. The van der Waals surface area contributed by atoms with Crippen molar-refractivity contribution in [3.05, 3.63) is 119 Å². The first kappa shape index (κ1) is 24.0. The fraction of sp³-hybridized carbons (Fsp3) is 0.152. The highest BCUT2D eigenvalue weighted by atomic mass is 32.2. The molecule has 0 unspecified atom stereocenters. The highest BCUT2D eigenvalue weighted by Crippen LogP contribution is 2.45. The van der Waals surface area contributed by atoms with E-state index in [0.717, 1.165) is 27.3 Å². The maximum atomic E-state index is 6.41. The van der Waals surface area contributed by atoms with Crippen LogP contribution in [-0.4, -0.2) is 7.11 Å². The van der Waals surface area contributed by atoms with Crippen molar-refractivity contribution in [3.8, 4) is 22.6 Å². The van der Waals surface area contributed by atoms with Crippen LogP contribution < -0.4 is 9.47 Å². The first-order chi connectivity index (χ1) is 17.5. The molecule has 0 spiro atoms. The molecule has 0 aliphatic carbocycles. The molecule has 0 atom stereocenters. The van der Waals surface area contributed by atoms with Gasteiger partial charge in [0, 0.05) is 10.3 Å². The molecule has 180 valence electrons. The Hall–Kier alpha value is -3.69. The van der Waals surface area contributed by atoms with Gasteiger partial charge in [-0.3, -0.25) is 0 Å². The van der Waals surface area contributed by atoms with Crippen LogP contribution in [0.4, 0.5) is 0 Å². The van der Waals surface area contributed by atoms with Crippen molar-refractivity contribution >= 4 is 22.5 Å². The van der Waals surface area contributed by atoms with Gasteiger partial charge in [0.25, 0.3) is 0 Å². The Balaban J connectivity index is 1.69. The molecule has 0 radical (unpaired) electrons. The van der Waals surface area contributed by atoms with Crippen LogP contribution in [0.5, 0.6) is 11.5 Å². The lowest BCUT2D eigenvalue weighted by molar-refractivity contribution is 0.309. The van der Waals surface area contributed by atoms with E-state index in [-0.39, 0.29) is 0 Å². The van der Waals surface area contributed by atoms with Gasteiger partial charge >= 0.3 is 0 Å². The summed E-state index contributed by atoms with van der Waals surface area (Å²) in [7, 11) is 1.74. The summed E-state index contributed by atoms with van der Waals surface area (Å²) in [6.45, 7) is 7.01. The van der Waals surface area contributed by atoms with Gasteiger partial charge in [0.1, 0.15) is 18.1 Å². The zero-order chi connectivity index (χ0) is 25.1. The van der Waals surface area contributed by atoms with E-state index in [0.29, 0.717) is 6.61 Å². The van der Waals surface area contributed by atoms with Crippen molar-refractivity contribution in [1.82, 2.24) is 0 Å². The van der Waals surface area contributed by atoms with Gasteiger partial charge in [0.15, 0.2) is 0 Å². The van der Waals surface area contributed by atoms with Crippen LogP contribution in [0, 0.1) is 20.8 Å². The number of methoxy groups -OCH3 is 1. The molecule has 36 heavy (non-hydrogen) atoms. The van der Waals surface area contributed by atoms with E-state index >= 15 is 0 Å². The molecule has 3 heteroatoms. The standard InChI is InChI=1S/C33H30O2S/c1-22-12-11-13-23(2)33(22)36-31-20-28-27(19-30(31)34-4)29(35-21-25-14-7-5-8-15-25)18-24(3)32(28)26-16-9-6-10-17-26/h5-20H,21H2,1-4H3. The van der Waals surface area contributed by atoms with Crippen LogP contribution in [0.15, 0.2) is 107 Å². The third kappa shape index (κ3) is 4.84. The molecule has 0 heterocycles. The molecule has 2 nitrogen and oxygen atoms in total. The van der Waals surface area contributed by atoms with Crippen molar-refractivity contribution in [1.29, 1.82) is 0 Å². The van der Waals surface area contributed by atoms with Gasteiger partial charge in [0.2, 0.25) is 0 Å². The van der Waals surface area contributed by atoms with Crippen LogP contribution in [0.3, 0.4) is 0 Å². The van der Waals surface area contributed by atoms with Gasteiger partial charge in [-0.05, 0) is 77.7 Å². The van der Waals surface area contributed by atoms with Gasteiger partial charge in [-0.15, -0.1) is 0 Å². The molecular weight excluding hydrogens is 460 g/mol. The summed E-state index contributed by atoms with van der Waals surface area (Å²) in [6, 6.07) is 33.9. The van der Waals surface area contributed by atoms with Crippen LogP contribution in [0.1, 0.15) is 22.3 Å². The number of benzene rings is 5. The summed E-state index contributed by atoms with van der Waals surface area (Å²) < 4.78 is 12.3. The van der Waals surface area contributed by atoms with Crippen LogP contribution in [-0.2, 0) is 6.61 Å². The number of hydrogen-bond acceptors (Lipinski definition) is 3. The third-order valence-electron chi connectivity index (χ3n) is 6.50. The normalized spacial score (nSPS) is 11.0. The highest BCUT2D eigenvalue weighted by Gasteiger charge is 2.18. The van der Waals surface area contributed by atoms with Gasteiger partial charge in [-0.1, -0.05) is 90.6 Å². The zero-order valence-corrected chi connectivity index (χ0v) is 22.0. The van der Waals surface area contributed by atoms with Crippen molar-refractivity contribution < 1.29 is 9.47 Å². The Morgan fingerprint density at radius 3 is 1.97 bits per heavy atom. The molecule has 0 aliphatic heterocycles. The van der Waals surface area contributed by atoms with Gasteiger partial charge < -0.3 is 9.47 Å². The SMILES string of the molecule is COc1cc2c(OCc3ccccc3)cc(C)c(-c3ccccc3)c2cc1Sc1c(C)cccc1C. The average Bonchev–Trinajstić information content (AvgIpc) is 2.90. The summed E-state index contributed by atoms with van der Waals surface area (Å²) in [6.07, 6.45) is 0. The number of hydrogen-bond donors (Lipinski definition) is 0. The molecule has 0 saturated heterocycles. The Kier molecular flexibility index (Phi) is 7.02. The molecule has 0 amide bonds. The quantitative estimate of drug-likeness (QED) is 0.227. The summed E-state index contributed by atoms with van der Waals surface area (Å²) >= 11 is 1.77. The van der Waals surface area contributed by atoms with E-state index < -0.39 is 0 Å². The monoisotopic (exact) mass is 490 g/mol. The van der Waals surface area contributed by atoms with E-state index in [4.69, 9.17) is 9.47 Å². The predicted molar refractivity (Wildman–Crippen MR) is 151 cm³/mol. The van der Waals surface area contributed by atoms with E-state index in [1.165, 1.54) is 38.1 Å². The second-order valence-corrected chi connectivity index (χ2v) is 10.1. The highest BCUT2D eigenvalue weighted by molar-refractivity contribution is 7.99. The second-order valence-electron chi connectivity index (χ2n) is 9.08. The molecule has 0 saturated carbocycles. The molecule has 0 fully saturated rings. The summed E-state index contributed by atoms with van der Waals surface area (Å²) in [4.78, 5) is 2.36. The minimum Gasteiger partial charge on any atom is -0.496 e. The Labute approximate surface area is 217 Å². The van der Waals surface area contributed by atoms with E-state index in [2.05, 4.69) is 99.6 Å². The van der Waals surface area contributed by atoms with E-state index in [9.17, 15) is 0 Å². The van der Waals surface area contributed by atoms with Crippen LogP contribution in [0.25, 0.3) is 21.9 Å². The predicted octanol–water partition coefficient (Wildman–Crippen LogP) is 9.17. The molecule has 5 aromatic rings. The van der Waals surface area contributed by atoms with Crippen molar-refractivity contribution in [3.63, 3.8) is 0 Å². The van der Waals surface area contributed by atoms with Crippen LogP contribution in [0.2, 0.25) is 0 Å². The number of rotatable bonds is 7. The third-order valence-corrected chi connectivity index (χ3v) is 7.89. The fourth-order valence-corrected chi connectivity index (χ4v) is 5.78. The molecule has 0 aromatic heterocycles. The minimum absolute atomic E-state index is 0.515. The van der Waals surface area contributed by atoms with Gasteiger partial charge in [-0.2, -0.15) is 0 Å². The van der Waals surface area contributed by atoms with Gasteiger partial charge in [0.05, 0.1) is 12.0 Å². The lowest BCUT2D eigenvalue weighted by Gasteiger charge is -2.19. The first-order valence-corrected chi connectivity index (χ1v) is 13.0. The maximum Gasteiger partial charge on any atom is 0.133 e. The Bertz CT molecular complexity index is 1490. The maximum absolute atomic E-state index is 6.41. The molecule has 5 aromatic carbocycles. The Morgan fingerprint density at radius 1 is 0.639 bits per heavy atom. The number of fused-ring (bicyclic) bond motifs is 1. The second kappa shape index (κ2) is 10.5. The number of ether oxygens (including phenoxy) is 2. The largest absolute Gasteiger partial charge is 0.496 e. The zero-order valence-electron chi connectivity index (χ0n) is 21.2. The average molecular weight is 491 g/mol. The van der Waals surface area contributed by atoms with Gasteiger partial charge in [-0.25, -0.2) is 0 Å². The van der Waals surface area contributed by atoms with Crippen molar-refractivity contribution in [2.24, 2.45) is 0 Å². The molecular formula is C33H30O2S. The fourth-order valence-electron chi connectivity index (χ4n) is 4.68. The topological polar surface area (TPSA) is 18.5 Å². The molecule has 0 N–H and O–H groups in total. The summed E-state index contributed by atoms with van der Waals surface area (Å²) in [5.41, 5.74) is 7.28. The van der Waals surface area contributed by atoms with E-state index in [1.807, 2.05) is 18.2 Å². The van der Waals surface area contributed by atoms with E-state index in [1.54, 1.807) is 18.9 Å². The van der Waals surface area contributed by atoms with Crippen LogP contribution >= 0.6 is 11.8 Å². The minimum atomic E-state index is 0.515. The smallest absolute Gasteiger partial charge is 0.133 e. The Morgan fingerprint density at radius 2 is 1.31 bits per heavy atom. The molecule has 5 rings (SSSR count). The lowest BCUT2D eigenvalue weighted by Crippen LogP contribution is -1.99. The van der Waals surface area contributed by atoms with Crippen molar-refractivity contribution in [2.45, 2.75) is 37.2 Å². The number of aryl methyl sites for hydroxylation is 3. The van der Waals surface area contributed by atoms with Crippen molar-refractivity contribution in [2.75, 3.05) is 7.11 Å². The summed E-state index contributed by atoms with van der Waals surface area (Å²) in [5, 5.41) is 2.22. The molecule has 0 bridgehead atoms.